The van der Waals surface area contributed by atoms with Gasteiger partial charge >= 0.3 is 30.0 Å². The number of carbonyl (C=O) groups excluding carboxylic acids is 4. The van der Waals surface area contributed by atoms with E-state index in [-0.39, 0.29) is 12.6 Å². The zero-order valence-electron chi connectivity index (χ0n) is 23.2. The standard InChI is InChI=1S/C26H42NO8/c1-23(2,3)19(28)31-14-16-18(35-22(33-16)26(10,11)12)17(34-21(30)25(7,8)9)15(13-27)32-20(29)24(4,5)6/h15-18H,14H2,1-12H3/q+1. The average molecular weight is 497 g/mol. The first kappa shape index (κ1) is 30.4. The van der Waals surface area contributed by atoms with Crippen LogP contribution < -0.4 is 0 Å². The SMILES string of the molecule is CC(C)(C)C(=O)OCC1OC(C(C)(C)C)=[O+]C1C(OC(=O)C(C)(C)C)C(C#N)OC(=O)C(C)(C)C. The van der Waals surface area contributed by atoms with E-state index in [4.69, 9.17) is 23.4 Å². The van der Waals surface area contributed by atoms with Gasteiger partial charge in [0.05, 0.1) is 16.2 Å². The number of hydrogen-bond acceptors (Lipinski definition) is 8. The van der Waals surface area contributed by atoms with Crippen LogP contribution in [0.4, 0.5) is 0 Å². The van der Waals surface area contributed by atoms with Crippen LogP contribution in [0.1, 0.15) is 83.1 Å². The van der Waals surface area contributed by atoms with Crippen molar-refractivity contribution in [3.63, 3.8) is 0 Å². The number of ether oxygens (including phenoxy) is 4. The smallest absolute Gasteiger partial charge is 0.458 e. The van der Waals surface area contributed by atoms with E-state index in [1.807, 2.05) is 26.8 Å². The fraction of sp³-hybridized carbons (Fsp3) is 0.808. The number of rotatable bonds is 6. The molecule has 0 aromatic rings. The Bertz CT molecular complexity index is 871. The van der Waals surface area contributed by atoms with Crippen LogP contribution in [-0.2, 0) is 37.8 Å². The lowest BCUT2D eigenvalue weighted by Crippen LogP contribution is -2.50. The van der Waals surface area contributed by atoms with Crippen molar-refractivity contribution in [1.29, 1.82) is 5.26 Å². The van der Waals surface area contributed by atoms with Gasteiger partial charge in [-0.05, 0) is 83.1 Å². The van der Waals surface area contributed by atoms with Gasteiger partial charge in [0.25, 0.3) is 6.10 Å². The van der Waals surface area contributed by atoms with Gasteiger partial charge in [0.2, 0.25) is 12.2 Å². The summed E-state index contributed by atoms with van der Waals surface area (Å²) in [7, 11) is 0. The second-order valence-corrected chi connectivity index (χ2v) is 12.9. The summed E-state index contributed by atoms with van der Waals surface area (Å²) in [6, 6.07) is 1.93. The lowest BCUT2D eigenvalue weighted by molar-refractivity contribution is -0.514. The van der Waals surface area contributed by atoms with Crippen molar-refractivity contribution >= 4 is 23.9 Å². The van der Waals surface area contributed by atoms with E-state index >= 15 is 0 Å². The highest BCUT2D eigenvalue weighted by Gasteiger charge is 2.57. The maximum Gasteiger partial charge on any atom is 0.491 e. The van der Waals surface area contributed by atoms with Crippen LogP contribution >= 0.6 is 0 Å². The maximum absolute atomic E-state index is 12.9. The minimum absolute atomic E-state index is 0.213. The molecule has 0 aromatic carbocycles. The molecule has 1 heterocycles. The Morgan fingerprint density at radius 3 is 1.71 bits per heavy atom. The second kappa shape index (κ2) is 10.5. The summed E-state index contributed by atoms with van der Waals surface area (Å²) in [6.45, 7) is 20.5. The highest BCUT2D eigenvalue weighted by molar-refractivity contribution is 5.78. The fourth-order valence-electron chi connectivity index (χ4n) is 2.63. The first-order chi connectivity index (χ1) is 15.6. The highest BCUT2D eigenvalue weighted by Crippen LogP contribution is 2.30. The predicted molar refractivity (Wildman–Crippen MR) is 128 cm³/mol. The fourth-order valence-corrected chi connectivity index (χ4v) is 2.63. The summed E-state index contributed by atoms with van der Waals surface area (Å²) >= 11 is 0. The molecule has 0 N–H and O–H groups in total. The molecule has 9 heteroatoms. The lowest BCUT2D eigenvalue weighted by Gasteiger charge is -2.28. The van der Waals surface area contributed by atoms with Gasteiger partial charge in [0.1, 0.15) is 11.5 Å². The predicted octanol–water partition coefficient (Wildman–Crippen LogP) is 3.89. The Morgan fingerprint density at radius 2 is 1.31 bits per heavy atom. The lowest BCUT2D eigenvalue weighted by atomic mass is 9.95. The van der Waals surface area contributed by atoms with Gasteiger partial charge in [-0.2, -0.15) is 5.26 Å². The molecule has 1 rings (SSSR count). The molecule has 0 bridgehead atoms. The largest absolute Gasteiger partial charge is 0.491 e. The number of nitrogens with zero attached hydrogens (tertiary/aromatic N) is 1. The van der Waals surface area contributed by atoms with Gasteiger partial charge in [0, 0.05) is 0 Å². The van der Waals surface area contributed by atoms with Crippen LogP contribution in [0, 0.1) is 33.0 Å². The van der Waals surface area contributed by atoms with Crippen molar-refractivity contribution in [1.82, 2.24) is 0 Å². The molecular formula is C26H42NO8+. The maximum atomic E-state index is 12.9. The third-order valence-electron chi connectivity index (χ3n) is 4.92. The van der Waals surface area contributed by atoms with E-state index in [0.29, 0.717) is 0 Å². The third-order valence-corrected chi connectivity index (χ3v) is 4.92. The molecule has 1 aliphatic heterocycles. The monoisotopic (exact) mass is 496 g/mol. The number of nitriles is 1. The van der Waals surface area contributed by atoms with Crippen molar-refractivity contribution in [3.8, 4) is 6.07 Å². The van der Waals surface area contributed by atoms with Crippen LogP contribution in [0.25, 0.3) is 0 Å². The zero-order valence-corrected chi connectivity index (χ0v) is 23.2. The molecule has 0 saturated heterocycles. The Hall–Kier alpha value is -2.63. The second-order valence-electron chi connectivity index (χ2n) is 12.9. The molecule has 0 aliphatic carbocycles. The van der Waals surface area contributed by atoms with Gasteiger partial charge in [-0.25, -0.2) is 0 Å². The molecule has 1 aliphatic rings. The van der Waals surface area contributed by atoms with Gasteiger partial charge in [-0.3, -0.25) is 14.4 Å². The molecule has 9 nitrogen and oxygen atoms in total. The van der Waals surface area contributed by atoms with Crippen molar-refractivity contribution in [2.45, 2.75) is 108 Å². The minimum atomic E-state index is -1.48. The van der Waals surface area contributed by atoms with E-state index in [0.717, 1.165) is 0 Å². The normalized spacial score (nSPS) is 20.6. The van der Waals surface area contributed by atoms with Crippen LogP contribution in [0.5, 0.6) is 0 Å². The Labute approximate surface area is 209 Å². The topological polar surface area (TPSA) is 123 Å². The first-order valence-corrected chi connectivity index (χ1v) is 11.8. The summed E-state index contributed by atoms with van der Waals surface area (Å²) < 4.78 is 28.7. The van der Waals surface area contributed by atoms with Gasteiger partial charge in [-0.1, -0.05) is 0 Å². The van der Waals surface area contributed by atoms with Crippen molar-refractivity contribution in [3.05, 3.63) is 0 Å². The summed E-state index contributed by atoms with van der Waals surface area (Å²) in [6.07, 6.45) is -4.80. The summed E-state index contributed by atoms with van der Waals surface area (Å²) in [5.74, 6) is -1.48. The van der Waals surface area contributed by atoms with E-state index in [9.17, 15) is 19.6 Å². The van der Waals surface area contributed by atoms with Crippen LogP contribution in [0.2, 0.25) is 0 Å². The van der Waals surface area contributed by atoms with Crippen LogP contribution in [0.15, 0.2) is 0 Å². The molecule has 0 spiro atoms. The molecule has 0 fully saturated rings. The average Bonchev–Trinajstić information content (AvgIpc) is 3.10. The Morgan fingerprint density at radius 1 is 0.857 bits per heavy atom. The van der Waals surface area contributed by atoms with E-state index in [1.54, 1.807) is 62.3 Å². The molecule has 0 radical (unpaired) electrons. The number of esters is 4. The first-order valence-electron chi connectivity index (χ1n) is 11.8. The molecular weight excluding hydrogens is 454 g/mol. The summed E-state index contributed by atoms with van der Waals surface area (Å²) in [5.41, 5.74) is -3.12. The number of hydrogen-bond donors (Lipinski definition) is 0. The summed E-state index contributed by atoms with van der Waals surface area (Å²) in [5, 5.41) is 9.92. The van der Waals surface area contributed by atoms with E-state index in [1.165, 1.54) is 0 Å². The molecule has 0 amide bonds. The van der Waals surface area contributed by atoms with Crippen molar-refractivity contribution < 1.29 is 37.8 Å². The van der Waals surface area contributed by atoms with Gasteiger partial charge < -0.3 is 23.4 Å². The van der Waals surface area contributed by atoms with Gasteiger partial charge in [0.15, 0.2) is 6.61 Å². The zero-order chi connectivity index (χ0) is 27.6. The van der Waals surface area contributed by atoms with Crippen LogP contribution in [0.3, 0.4) is 0 Å². The van der Waals surface area contributed by atoms with E-state index in [2.05, 4.69) is 0 Å². The molecule has 35 heavy (non-hydrogen) atoms. The summed E-state index contributed by atoms with van der Waals surface area (Å²) in [4.78, 5) is 37.9. The van der Waals surface area contributed by atoms with E-state index < -0.39 is 64.0 Å². The van der Waals surface area contributed by atoms with Gasteiger partial charge in [-0.15, -0.1) is 0 Å². The highest BCUT2D eigenvalue weighted by atomic mass is 16.7. The Kier molecular flexibility index (Phi) is 9.16. The molecule has 0 saturated carbocycles. The minimum Gasteiger partial charge on any atom is -0.458 e. The molecule has 4 unspecified atom stereocenters. The van der Waals surface area contributed by atoms with Crippen LogP contribution in [-0.4, -0.2) is 54.9 Å². The quantitative estimate of drug-likeness (QED) is 0.308. The molecule has 4 atom stereocenters. The number of carbonyl (C=O) groups is 3. The Balaban J connectivity index is 3.46. The number of cyclic esters (lactones) is 1. The molecule has 198 valence electrons. The molecule has 0 aromatic heterocycles. The van der Waals surface area contributed by atoms with Crippen molar-refractivity contribution in [2.75, 3.05) is 6.61 Å². The van der Waals surface area contributed by atoms with Crippen molar-refractivity contribution in [2.24, 2.45) is 21.7 Å². The third kappa shape index (κ3) is 8.52.